The van der Waals surface area contributed by atoms with Crippen molar-refractivity contribution in [3.63, 3.8) is 0 Å². The van der Waals surface area contributed by atoms with Crippen LogP contribution in [0.5, 0.6) is 5.75 Å². The lowest BCUT2D eigenvalue weighted by Gasteiger charge is -2.26. The van der Waals surface area contributed by atoms with Crippen LogP contribution in [0.3, 0.4) is 0 Å². The predicted molar refractivity (Wildman–Crippen MR) is 134 cm³/mol. The van der Waals surface area contributed by atoms with E-state index >= 15 is 0 Å². The van der Waals surface area contributed by atoms with Crippen LogP contribution in [0, 0.1) is 17.1 Å². The molecule has 1 atom stereocenters. The monoisotopic (exact) mass is 528 g/mol. The SMILES string of the molecule is CCCC(NC(=O)/C(C#N)=C/c1nc(Br)ccc1F)c1cccc(OCCN2CCCCC2)c1. The van der Waals surface area contributed by atoms with Gasteiger partial charge in [-0.15, -0.1) is 0 Å². The van der Waals surface area contributed by atoms with Crippen molar-refractivity contribution in [3.8, 4) is 11.8 Å². The van der Waals surface area contributed by atoms with E-state index in [1.165, 1.54) is 37.5 Å². The Morgan fingerprint density at radius 3 is 2.85 bits per heavy atom. The summed E-state index contributed by atoms with van der Waals surface area (Å²) in [7, 11) is 0. The van der Waals surface area contributed by atoms with Crippen molar-refractivity contribution >= 4 is 27.9 Å². The van der Waals surface area contributed by atoms with Gasteiger partial charge >= 0.3 is 0 Å². The van der Waals surface area contributed by atoms with Gasteiger partial charge in [-0.25, -0.2) is 9.37 Å². The number of carbonyl (C=O) groups is 1. The van der Waals surface area contributed by atoms with Crippen LogP contribution in [0.2, 0.25) is 0 Å². The fourth-order valence-corrected chi connectivity index (χ4v) is 4.29. The maximum Gasteiger partial charge on any atom is 0.262 e. The van der Waals surface area contributed by atoms with E-state index in [0.717, 1.165) is 37.4 Å². The second-order valence-electron chi connectivity index (χ2n) is 8.31. The molecule has 8 heteroatoms. The Kier molecular flexibility index (Phi) is 10.0. The predicted octanol–water partition coefficient (Wildman–Crippen LogP) is 5.41. The van der Waals surface area contributed by atoms with Crippen LogP contribution in [0.15, 0.2) is 46.6 Å². The average Bonchev–Trinajstić information content (AvgIpc) is 2.85. The number of amides is 1. The summed E-state index contributed by atoms with van der Waals surface area (Å²) in [6.45, 7) is 5.79. The summed E-state index contributed by atoms with van der Waals surface area (Å²) in [5.74, 6) is -0.428. The van der Waals surface area contributed by atoms with E-state index in [0.29, 0.717) is 17.6 Å². The Morgan fingerprint density at radius 2 is 2.12 bits per heavy atom. The van der Waals surface area contributed by atoms with Crippen molar-refractivity contribution in [2.45, 2.75) is 45.1 Å². The maximum atomic E-state index is 14.1. The molecule has 0 saturated carbocycles. The fourth-order valence-electron chi connectivity index (χ4n) is 3.96. The minimum atomic E-state index is -0.608. The summed E-state index contributed by atoms with van der Waals surface area (Å²) < 4.78 is 20.5. The zero-order valence-electron chi connectivity index (χ0n) is 19.4. The van der Waals surface area contributed by atoms with Gasteiger partial charge in [-0.3, -0.25) is 9.69 Å². The number of carbonyl (C=O) groups excluding carboxylic acids is 1. The third kappa shape index (κ3) is 7.64. The van der Waals surface area contributed by atoms with Gasteiger partial charge in [0.25, 0.3) is 5.91 Å². The van der Waals surface area contributed by atoms with Crippen molar-refractivity contribution in [3.05, 3.63) is 63.6 Å². The number of pyridine rings is 1. The Bertz CT molecular complexity index is 1050. The van der Waals surface area contributed by atoms with Crippen molar-refractivity contribution in [1.29, 1.82) is 5.26 Å². The smallest absolute Gasteiger partial charge is 0.262 e. The molecule has 34 heavy (non-hydrogen) atoms. The Hall–Kier alpha value is -2.76. The van der Waals surface area contributed by atoms with Crippen LogP contribution in [0.4, 0.5) is 4.39 Å². The highest BCUT2D eigenvalue weighted by Crippen LogP contribution is 2.24. The molecule has 1 unspecified atom stereocenters. The minimum Gasteiger partial charge on any atom is -0.492 e. The number of aromatic nitrogens is 1. The summed E-state index contributed by atoms with van der Waals surface area (Å²) >= 11 is 3.18. The van der Waals surface area contributed by atoms with Gasteiger partial charge in [0.15, 0.2) is 0 Å². The number of nitrogens with zero attached hydrogens (tertiary/aromatic N) is 3. The molecular formula is C26H30BrFN4O2. The highest BCUT2D eigenvalue weighted by molar-refractivity contribution is 9.10. The molecule has 1 saturated heterocycles. The lowest BCUT2D eigenvalue weighted by atomic mass is 10.0. The standard InChI is InChI=1S/C26H30BrFN4O2/c1-2-7-23(31-26(33)20(18-29)17-24-22(28)10-11-25(27)30-24)19-8-6-9-21(16-19)34-15-14-32-12-4-3-5-13-32/h6,8-11,16-17,23H,2-5,7,12-15H2,1H3,(H,31,33)/b20-17+. The van der Waals surface area contributed by atoms with Gasteiger partial charge in [0.05, 0.1) is 6.04 Å². The highest BCUT2D eigenvalue weighted by atomic mass is 79.9. The van der Waals surface area contributed by atoms with E-state index in [1.807, 2.05) is 37.3 Å². The maximum absolute atomic E-state index is 14.1. The second kappa shape index (κ2) is 13.2. The minimum absolute atomic E-state index is 0.0720. The zero-order valence-corrected chi connectivity index (χ0v) is 21.0. The molecule has 180 valence electrons. The van der Waals surface area contributed by atoms with E-state index < -0.39 is 11.7 Å². The Balaban J connectivity index is 1.68. The molecule has 1 aliphatic heterocycles. The number of piperidine rings is 1. The van der Waals surface area contributed by atoms with Crippen LogP contribution in [0.25, 0.3) is 6.08 Å². The zero-order chi connectivity index (χ0) is 24.3. The van der Waals surface area contributed by atoms with Gasteiger partial charge < -0.3 is 10.1 Å². The normalized spacial score (nSPS) is 15.4. The molecule has 0 aliphatic carbocycles. The van der Waals surface area contributed by atoms with Crippen LogP contribution in [-0.4, -0.2) is 42.0 Å². The Morgan fingerprint density at radius 1 is 1.32 bits per heavy atom. The first-order valence-corrected chi connectivity index (χ1v) is 12.5. The van der Waals surface area contributed by atoms with Crippen molar-refractivity contribution in [2.75, 3.05) is 26.2 Å². The molecule has 3 rings (SSSR count). The fraction of sp³-hybridized carbons (Fsp3) is 0.423. The third-order valence-electron chi connectivity index (χ3n) is 5.75. The highest BCUT2D eigenvalue weighted by Gasteiger charge is 2.19. The number of halogens is 2. The number of nitriles is 1. The topological polar surface area (TPSA) is 78.2 Å². The first-order chi connectivity index (χ1) is 16.5. The molecule has 0 bridgehead atoms. The van der Waals surface area contributed by atoms with E-state index in [9.17, 15) is 14.4 Å². The molecular weight excluding hydrogens is 499 g/mol. The molecule has 1 aromatic carbocycles. The summed E-state index contributed by atoms with van der Waals surface area (Å²) in [6.07, 6.45) is 6.48. The summed E-state index contributed by atoms with van der Waals surface area (Å²) in [5, 5.41) is 12.4. The van der Waals surface area contributed by atoms with Gasteiger partial charge in [0.2, 0.25) is 0 Å². The van der Waals surface area contributed by atoms with Crippen LogP contribution in [0.1, 0.15) is 56.3 Å². The molecule has 1 N–H and O–H groups in total. The lowest BCUT2D eigenvalue weighted by Crippen LogP contribution is -2.33. The van der Waals surface area contributed by atoms with Crippen LogP contribution >= 0.6 is 15.9 Å². The van der Waals surface area contributed by atoms with Crippen molar-refractivity contribution in [1.82, 2.24) is 15.2 Å². The van der Waals surface area contributed by atoms with Gasteiger partial charge in [0.1, 0.15) is 40.1 Å². The lowest BCUT2D eigenvalue weighted by molar-refractivity contribution is -0.117. The summed E-state index contributed by atoms with van der Waals surface area (Å²) in [4.78, 5) is 19.3. The number of ether oxygens (including phenoxy) is 1. The molecule has 1 amide bonds. The molecule has 1 fully saturated rings. The van der Waals surface area contributed by atoms with E-state index in [4.69, 9.17) is 4.74 Å². The second-order valence-corrected chi connectivity index (χ2v) is 9.12. The number of likely N-dealkylation sites (tertiary alicyclic amines) is 1. The first-order valence-electron chi connectivity index (χ1n) is 11.7. The molecule has 0 spiro atoms. The molecule has 2 heterocycles. The molecule has 2 aromatic rings. The Labute approximate surface area is 208 Å². The van der Waals surface area contributed by atoms with Gasteiger partial charge in [-0.05, 0) is 84.2 Å². The van der Waals surface area contributed by atoms with Crippen molar-refractivity contribution in [2.24, 2.45) is 0 Å². The number of benzene rings is 1. The number of rotatable bonds is 10. The number of nitrogens with one attached hydrogen (secondary N) is 1. The number of hydrogen-bond donors (Lipinski definition) is 1. The van der Waals surface area contributed by atoms with Crippen molar-refractivity contribution < 1.29 is 13.9 Å². The molecule has 0 radical (unpaired) electrons. The van der Waals surface area contributed by atoms with E-state index in [1.54, 1.807) is 0 Å². The summed E-state index contributed by atoms with van der Waals surface area (Å²) in [5.41, 5.74) is 0.617. The third-order valence-corrected chi connectivity index (χ3v) is 6.19. The van der Waals surface area contributed by atoms with Gasteiger partial charge in [-0.1, -0.05) is 31.9 Å². The van der Waals surface area contributed by atoms with E-state index in [2.05, 4.69) is 31.1 Å². The molecule has 1 aromatic heterocycles. The summed E-state index contributed by atoms with van der Waals surface area (Å²) in [6, 6.07) is 11.9. The van der Waals surface area contributed by atoms with Crippen LogP contribution < -0.4 is 10.1 Å². The molecule has 6 nitrogen and oxygen atoms in total. The average molecular weight is 529 g/mol. The molecule has 1 aliphatic rings. The first kappa shape index (κ1) is 25.9. The van der Waals surface area contributed by atoms with Gasteiger partial charge in [0, 0.05) is 6.54 Å². The van der Waals surface area contributed by atoms with Crippen LogP contribution in [-0.2, 0) is 4.79 Å². The number of hydrogen-bond acceptors (Lipinski definition) is 5. The quantitative estimate of drug-likeness (QED) is 0.253. The van der Waals surface area contributed by atoms with Gasteiger partial charge in [-0.2, -0.15) is 5.26 Å². The largest absolute Gasteiger partial charge is 0.492 e. The van der Waals surface area contributed by atoms with E-state index in [-0.39, 0.29) is 17.3 Å².